The molecule has 1 N–H and O–H groups in total. The molecule has 0 fully saturated rings. The summed E-state index contributed by atoms with van der Waals surface area (Å²) in [5.41, 5.74) is 0. The fourth-order valence-corrected chi connectivity index (χ4v) is 1.21. The van der Waals surface area contributed by atoms with Crippen molar-refractivity contribution in [1.82, 2.24) is 9.97 Å². The number of imidazole rings is 1. The van der Waals surface area contributed by atoms with E-state index < -0.39 is 0 Å². The van der Waals surface area contributed by atoms with E-state index in [2.05, 4.69) is 29.5 Å². The summed E-state index contributed by atoms with van der Waals surface area (Å²) in [6, 6.07) is 0. The van der Waals surface area contributed by atoms with Gasteiger partial charge in [0.25, 0.3) is 0 Å². The van der Waals surface area contributed by atoms with Crippen LogP contribution in [0.2, 0.25) is 0 Å². The molecule has 0 atom stereocenters. The van der Waals surface area contributed by atoms with Crippen LogP contribution in [-0.2, 0) is 6.42 Å². The van der Waals surface area contributed by atoms with Gasteiger partial charge in [-0.3, -0.25) is 0 Å². The van der Waals surface area contributed by atoms with Crippen LogP contribution in [0.4, 0.5) is 0 Å². The van der Waals surface area contributed by atoms with Gasteiger partial charge in [-0.15, -0.1) is 12.6 Å². The Labute approximate surface area is 72.8 Å². The molecule has 2 nitrogen and oxygen atoms in total. The van der Waals surface area contributed by atoms with E-state index in [0.717, 1.165) is 17.3 Å². The number of hydrogen-bond acceptors (Lipinski definition) is 2. The third-order valence-corrected chi connectivity index (χ3v) is 1.86. The van der Waals surface area contributed by atoms with E-state index in [9.17, 15) is 0 Å². The molecular formula is C8H14N2S. The number of aromatic nitrogens is 2. The summed E-state index contributed by atoms with van der Waals surface area (Å²) >= 11 is 4.13. The van der Waals surface area contributed by atoms with E-state index in [1.165, 1.54) is 19.3 Å². The normalized spacial score (nSPS) is 10.4. The van der Waals surface area contributed by atoms with Gasteiger partial charge in [-0.1, -0.05) is 19.8 Å². The first-order chi connectivity index (χ1) is 5.33. The average molecular weight is 170 g/mol. The molecule has 1 aromatic rings. The molecule has 0 bridgehead atoms. The van der Waals surface area contributed by atoms with Gasteiger partial charge in [0.05, 0.1) is 11.2 Å². The smallest absolute Gasteiger partial charge is 0.106 e. The van der Waals surface area contributed by atoms with Gasteiger partial charge >= 0.3 is 0 Å². The van der Waals surface area contributed by atoms with E-state index in [-0.39, 0.29) is 0 Å². The van der Waals surface area contributed by atoms with E-state index in [0.29, 0.717) is 0 Å². The van der Waals surface area contributed by atoms with Crippen LogP contribution < -0.4 is 0 Å². The average Bonchev–Trinajstić information content (AvgIpc) is 2.37. The lowest BCUT2D eigenvalue weighted by atomic mass is 10.2. The van der Waals surface area contributed by atoms with Gasteiger partial charge in [-0.2, -0.15) is 0 Å². The lowest BCUT2D eigenvalue weighted by Crippen LogP contribution is -1.87. The molecule has 0 amide bonds. The minimum absolute atomic E-state index is 0.858. The van der Waals surface area contributed by atoms with Crippen molar-refractivity contribution in [3.63, 3.8) is 0 Å². The number of thiol groups is 1. The van der Waals surface area contributed by atoms with Gasteiger partial charge in [0.15, 0.2) is 0 Å². The third-order valence-electron chi connectivity index (χ3n) is 1.63. The zero-order chi connectivity index (χ0) is 8.10. The number of unbranched alkanes of at least 4 members (excludes halogenated alkanes) is 2. The fourth-order valence-electron chi connectivity index (χ4n) is 1.02. The molecule has 0 unspecified atom stereocenters. The molecule has 0 radical (unpaired) electrons. The van der Waals surface area contributed by atoms with Crippen LogP contribution in [0.1, 0.15) is 32.0 Å². The summed E-state index contributed by atoms with van der Waals surface area (Å²) < 4.78 is 0. The standard InChI is InChI=1S/C8H14N2S/c1-2-3-4-5-7-9-6-8(11)10-7/h6,11H,2-5H2,1H3,(H,9,10). The van der Waals surface area contributed by atoms with Gasteiger partial charge in [0, 0.05) is 6.42 Å². The van der Waals surface area contributed by atoms with Crippen LogP contribution in [0, 0.1) is 0 Å². The minimum Gasteiger partial charge on any atom is -0.337 e. The Kier molecular flexibility index (Phi) is 3.49. The predicted octanol–water partition coefficient (Wildman–Crippen LogP) is 2.43. The molecule has 0 aliphatic heterocycles. The van der Waals surface area contributed by atoms with Crippen LogP contribution in [0.15, 0.2) is 11.2 Å². The van der Waals surface area contributed by atoms with Crippen molar-refractivity contribution in [3.05, 3.63) is 12.0 Å². The first-order valence-electron chi connectivity index (χ1n) is 4.05. The van der Waals surface area contributed by atoms with Gasteiger partial charge in [-0.25, -0.2) is 4.98 Å². The molecule has 0 saturated heterocycles. The van der Waals surface area contributed by atoms with Crippen molar-refractivity contribution in [3.8, 4) is 0 Å². The topological polar surface area (TPSA) is 28.7 Å². The highest BCUT2D eigenvalue weighted by molar-refractivity contribution is 7.80. The molecule has 0 spiro atoms. The van der Waals surface area contributed by atoms with Gasteiger partial charge in [0.2, 0.25) is 0 Å². The molecule has 62 valence electrons. The number of rotatable bonds is 4. The zero-order valence-corrected chi connectivity index (χ0v) is 7.69. The second-order valence-electron chi connectivity index (χ2n) is 2.67. The molecule has 0 aliphatic rings. The second kappa shape index (κ2) is 4.44. The molecule has 1 heterocycles. The van der Waals surface area contributed by atoms with Crippen molar-refractivity contribution in [2.24, 2.45) is 0 Å². The molecule has 1 rings (SSSR count). The van der Waals surface area contributed by atoms with Gasteiger partial charge < -0.3 is 4.98 Å². The van der Waals surface area contributed by atoms with Gasteiger partial charge in [0.1, 0.15) is 5.82 Å². The molecule has 1 aromatic heterocycles. The first kappa shape index (κ1) is 8.65. The van der Waals surface area contributed by atoms with Crippen LogP contribution in [-0.4, -0.2) is 9.97 Å². The molecule has 11 heavy (non-hydrogen) atoms. The Bertz CT molecular complexity index is 208. The highest BCUT2D eigenvalue weighted by atomic mass is 32.1. The Hall–Kier alpha value is -0.440. The zero-order valence-electron chi connectivity index (χ0n) is 6.80. The highest BCUT2D eigenvalue weighted by Gasteiger charge is 1.95. The number of nitrogens with one attached hydrogen (secondary N) is 1. The number of nitrogens with zero attached hydrogens (tertiary/aromatic N) is 1. The number of hydrogen-bond donors (Lipinski definition) is 2. The maximum absolute atomic E-state index is 4.16. The third kappa shape index (κ3) is 2.97. The Morgan fingerprint density at radius 2 is 2.36 bits per heavy atom. The minimum atomic E-state index is 0.858. The van der Waals surface area contributed by atoms with E-state index in [1.54, 1.807) is 6.20 Å². The van der Waals surface area contributed by atoms with Crippen molar-refractivity contribution < 1.29 is 0 Å². The monoisotopic (exact) mass is 170 g/mol. The molecule has 3 heteroatoms. The Morgan fingerprint density at radius 1 is 1.55 bits per heavy atom. The summed E-state index contributed by atoms with van der Waals surface area (Å²) in [6.45, 7) is 2.20. The Morgan fingerprint density at radius 3 is 2.91 bits per heavy atom. The SMILES string of the molecule is CCCCCc1ncc(S)[nH]1. The molecule has 0 saturated carbocycles. The quantitative estimate of drug-likeness (QED) is 0.527. The predicted molar refractivity (Wildman–Crippen MR) is 49.1 cm³/mol. The van der Waals surface area contributed by atoms with Crippen molar-refractivity contribution in [2.45, 2.75) is 37.6 Å². The summed E-state index contributed by atoms with van der Waals surface area (Å²) in [6.07, 6.45) is 6.56. The van der Waals surface area contributed by atoms with E-state index in [1.807, 2.05) is 0 Å². The number of aryl methyl sites for hydroxylation is 1. The Balaban J connectivity index is 2.27. The van der Waals surface area contributed by atoms with Crippen LogP contribution in [0.5, 0.6) is 0 Å². The maximum Gasteiger partial charge on any atom is 0.106 e. The van der Waals surface area contributed by atoms with Crippen molar-refractivity contribution in [2.75, 3.05) is 0 Å². The summed E-state index contributed by atoms with van der Waals surface area (Å²) in [5.74, 6) is 1.06. The van der Waals surface area contributed by atoms with Crippen LogP contribution in [0.3, 0.4) is 0 Å². The van der Waals surface area contributed by atoms with Crippen molar-refractivity contribution in [1.29, 1.82) is 0 Å². The highest BCUT2D eigenvalue weighted by Crippen LogP contribution is 2.05. The van der Waals surface area contributed by atoms with Gasteiger partial charge in [-0.05, 0) is 6.42 Å². The number of H-pyrrole nitrogens is 1. The largest absolute Gasteiger partial charge is 0.337 e. The summed E-state index contributed by atoms with van der Waals surface area (Å²) in [4.78, 5) is 7.24. The number of aromatic amines is 1. The second-order valence-corrected chi connectivity index (χ2v) is 3.15. The fraction of sp³-hybridized carbons (Fsp3) is 0.625. The first-order valence-corrected chi connectivity index (χ1v) is 4.50. The van der Waals surface area contributed by atoms with Crippen LogP contribution >= 0.6 is 12.6 Å². The lowest BCUT2D eigenvalue weighted by molar-refractivity contribution is 0.697. The maximum atomic E-state index is 4.16. The summed E-state index contributed by atoms with van der Waals surface area (Å²) in [7, 11) is 0. The lowest BCUT2D eigenvalue weighted by Gasteiger charge is -1.93. The molecule has 0 aliphatic carbocycles. The molecular weight excluding hydrogens is 156 g/mol. The molecule has 0 aromatic carbocycles. The summed E-state index contributed by atoms with van der Waals surface area (Å²) in [5, 5.41) is 0.858. The van der Waals surface area contributed by atoms with E-state index >= 15 is 0 Å². The van der Waals surface area contributed by atoms with Crippen LogP contribution in [0.25, 0.3) is 0 Å². The van der Waals surface area contributed by atoms with Crippen molar-refractivity contribution >= 4 is 12.6 Å². The van der Waals surface area contributed by atoms with E-state index in [4.69, 9.17) is 0 Å².